The number of benzene rings is 1. The zero-order chi connectivity index (χ0) is 15.1. The second-order valence-electron chi connectivity index (χ2n) is 7.54. The lowest BCUT2D eigenvalue weighted by molar-refractivity contribution is -0.140. The molecule has 5 rings (SSSR count). The van der Waals surface area contributed by atoms with Crippen molar-refractivity contribution in [3.05, 3.63) is 35.4 Å². The summed E-state index contributed by atoms with van der Waals surface area (Å²) in [4.78, 5) is 17.5. The fraction of sp³-hybridized carbons (Fsp3) is 0.632. The number of piperidine rings is 1. The van der Waals surface area contributed by atoms with E-state index < -0.39 is 0 Å². The molecule has 0 aromatic heterocycles. The molecule has 4 aliphatic rings. The molecule has 1 saturated carbocycles. The second kappa shape index (κ2) is 5.69. The van der Waals surface area contributed by atoms with Gasteiger partial charge in [0.2, 0.25) is 5.91 Å². The van der Waals surface area contributed by atoms with Crippen LogP contribution in [0, 0.1) is 18.8 Å². The maximum absolute atomic E-state index is 12.7. The first-order valence-corrected chi connectivity index (χ1v) is 8.77. The number of aryl methyl sites for hydroxylation is 1. The van der Waals surface area contributed by atoms with Gasteiger partial charge in [-0.15, -0.1) is 0 Å². The predicted molar refractivity (Wildman–Crippen MR) is 87.4 cm³/mol. The maximum Gasteiger partial charge on any atom is 0.227 e. The van der Waals surface area contributed by atoms with Gasteiger partial charge < -0.3 is 4.90 Å². The Morgan fingerprint density at radius 2 is 1.82 bits per heavy atom. The van der Waals surface area contributed by atoms with Crippen LogP contribution in [0.3, 0.4) is 0 Å². The number of hydrogen-bond acceptors (Lipinski definition) is 2. The van der Waals surface area contributed by atoms with E-state index in [2.05, 4.69) is 41.0 Å². The van der Waals surface area contributed by atoms with Gasteiger partial charge in [-0.3, -0.25) is 9.69 Å². The third-order valence-corrected chi connectivity index (χ3v) is 5.55. The van der Waals surface area contributed by atoms with Crippen molar-refractivity contribution in [2.75, 3.05) is 19.6 Å². The van der Waals surface area contributed by atoms with Gasteiger partial charge in [0.25, 0.3) is 0 Å². The van der Waals surface area contributed by atoms with Crippen LogP contribution >= 0.6 is 0 Å². The van der Waals surface area contributed by atoms with Gasteiger partial charge in [-0.1, -0.05) is 29.8 Å². The molecule has 2 bridgehead atoms. The molecule has 118 valence electrons. The van der Waals surface area contributed by atoms with Crippen molar-refractivity contribution < 1.29 is 4.79 Å². The van der Waals surface area contributed by atoms with E-state index in [1.54, 1.807) is 0 Å². The van der Waals surface area contributed by atoms with Crippen molar-refractivity contribution in [1.29, 1.82) is 0 Å². The Hall–Kier alpha value is -1.35. The van der Waals surface area contributed by atoms with Crippen LogP contribution in [-0.4, -0.2) is 41.4 Å². The van der Waals surface area contributed by atoms with Gasteiger partial charge in [-0.2, -0.15) is 0 Å². The predicted octanol–water partition coefficient (Wildman–Crippen LogP) is 2.83. The number of rotatable bonds is 4. The summed E-state index contributed by atoms with van der Waals surface area (Å²) in [6, 6.07) is 9.29. The average molecular weight is 298 g/mol. The minimum Gasteiger partial charge on any atom is -0.338 e. The van der Waals surface area contributed by atoms with Crippen LogP contribution in [0.25, 0.3) is 0 Å². The number of carbonyl (C=O) groups is 1. The summed E-state index contributed by atoms with van der Waals surface area (Å²) in [5.41, 5.74) is 2.68. The molecule has 3 nitrogen and oxygen atoms in total. The van der Waals surface area contributed by atoms with E-state index in [0.29, 0.717) is 11.9 Å². The largest absolute Gasteiger partial charge is 0.338 e. The highest BCUT2D eigenvalue weighted by Gasteiger charge is 2.42. The lowest BCUT2D eigenvalue weighted by Crippen LogP contribution is -2.48. The first kappa shape index (κ1) is 14.3. The minimum absolute atomic E-state index is 0.239. The zero-order valence-electron chi connectivity index (χ0n) is 13.5. The van der Waals surface area contributed by atoms with Crippen LogP contribution in [0.1, 0.15) is 36.8 Å². The van der Waals surface area contributed by atoms with Crippen LogP contribution in [0.4, 0.5) is 0 Å². The zero-order valence-corrected chi connectivity index (χ0v) is 13.5. The van der Waals surface area contributed by atoms with E-state index in [4.69, 9.17) is 0 Å². The molecule has 1 aliphatic carbocycles. The van der Waals surface area contributed by atoms with Crippen molar-refractivity contribution in [2.45, 2.75) is 45.2 Å². The molecule has 1 amide bonds. The molecule has 0 spiro atoms. The van der Waals surface area contributed by atoms with E-state index in [1.807, 2.05) is 0 Å². The summed E-state index contributed by atoms with van der Waals surface area (Å²) in [5.74, 6) is 1.48. The standard InChI is InChI=1S/C19H26N2O/c1-14-2-4-15(5-3-14)10-20-12-17-8-9-18(13-20)21(19(17)22)11-16-6-7-16/h2-5,16-18H,6-13H2,1H3/t17-,18+/m1/s1. The van der Waals surface area contributed by atoms with Gasteiger partial charge in [0, 0.05) is 32.2 Å². The number of nitrogens with zero attached hydrogens (tertiary/aromatic N) is 2. The Morgan fingerprint density at radius 1 is 1.05 bits per heavy atom. The first-order chi connectivity index (χ1) is 10.7. The van der Waals surface area contributed by atoms with Crippen LogP contribution in [0.2, 0.25) is 0 Å². The number of carbonyl (C=O) groups excluding carboxylic acids is 1. The molecular formula is C19H26N2O. The summed E-state index contributed by atoms with van der Waals surface area (Å²) in [7, 11) is 0. The highest BCUT2D eigenvalue weighted by molar-refractivity contribution is 5.80. The number of fused-ring (bicyclic) bond motifs is 4. The number of hydrogen-bond donors (Lipinski definition) is 0. The summed E-state index contributed by atoms with van der Waals surface area (Å²) in [6.45, 7) is 6.15. The smallest absolute Gasteiger partial charge is 0.227 e. The Morgan fingerprint density at radius 3 is 2.55 bits per heavy atom. The van der Waals surface area contributed by atoms with Gasteiger partial charge in [0.1, 0.15) is 0 Å². The van der Waals surface area contributed by atoms with Crippen LogP contribution in [-0.2, 0) is 11.3 Å². The van der Waals surface area contributed by atoms with Crippen LogP contribution in [0.15, 0.2) is 24.3 Å². The Balaban J connectivity index is 1.47. The fourth-order valence-corrected chi connectivity index (χ4v) is 4.03. The fourth-order valence-electron chi connectivity index (χ4n) is 4.03. The lowest BCUT2D eigenvalue weighted by atomic mass is 9.94. The molecule has 3 heterocycles. The van der Waals surface area contributed by atoms with Gasteiger partial charge in [0.15, 0.2) is 0 Å². The maximum atomic E-state index is 12.7. The van der Waals surface area contributed by atoms with Gasteiger partial charge >= 0.3 is 0 Å². The van der Waals surface area contributed by atoms with E-state index in [-0.39, 0.29) is 5.92 Å². The van der Waals surface area contributed by atoms with Gasteiger partial charge in [-0.05, 0) is 44.1 Å². The van der Waals surface area contributed by atoms with Gasteiger partial charge in [0.05, 0.1) is 5.92 Å². The second-order valence-corrected chi connectivity index (χ2v) is 7.54. The molecular weight excluding hydrogens is 272 g/mol. The van der Waals surface area contributed by atoms with E-state index in [1.165, 1.54) is 30.4 Å². The topological polar surface area (TPSA) is 23.6 Å². The van der Waals surface area contributed by atoms with Crippen molar-refractivity contribution >= 4 is 5.91 Å². The van der Waals surface area contributed by atoms with E-state index in [9.17, 15) is 4.79 Å². The first-order valence-electron chi connectivity index (χ1n) is 8.77. The quantitative estimate of drug-likeness (QED) is 0.853. The summed E-state index contributed by atoms with van der Waals surface area (Å²) in [6.07, 6.45) is 4.95. The summed E-state index contributed by atoms with van der Waals surface area (Å²) in [5, 5.41) is 0. The molecule has 3 saturated heterocycles. The third kappa shape index (κ3) is 2.91. The molecule has 3 heteroatoms. The van der Waals surface area contributed by atoms with Crippen LogP contribution < -0.4 is 0 Å². The van der Waals surface area contributed by atoms with E-state index in [0.717, 1.165) is 38.5 Å². The molecule has 1 aromatic rings. The monoisotopic (exact) mass is 298 g/mol. The Labute approximate surface area is 133 Å². The Bertz CT molecular complexity index is 549. The summed E-state index contributed by atoms with van der Waals surface area (Å²) >= 11 is 0. The molecule has 22 heavy (non-hydrogen) atoms. The molecule has 2 atom stereocenters. The lowest BCUT2D eigenvalue weighted by Gasteiger charge is -2.36. The Kier molecular flexibility index (Phi) is 3.69. The third-order valence-electron chi connectivity index (χ3n) is 5.55. The van der Waals surface area contributed by atoms with E-state index >= 15 is 0 Å². The molecule has 0 N–H and O–H groups in total. The van der Waals surface area contributed by atoms with Crippen molar-refractivity contribution in [3.63, 3.8) is 0 Å². The minimum atomic E-state index is 0.239. The number of amides is 1. The SMILES string of the molecule is Cc1ccc(CN2C[C@H]3CC[C@@H](C2)N(CC2CC2)C3=O)cc1. The van der Waals surface area contributed by atoms with Crippen LogP contribution in [0.5, 0.6) is 0 Å². The van der Waals surface area contributed by atoms with Gasteiger partial charge in [-0.25, -0.2) is 0 Å². The molecule has 0 unspecified atom stereocenters. The van der Waals surface area contributed by atoms with Crippen molar-refractivity contribution in [2.24, 2.45) is 11.8 Å². The normalized spacial score (nSPS) is 29.0. The van der Waals surface area contributed by atoms with Crippen molar-refractivity contribution in [1.82, 2.24) is 9.80 Å². The molecule has 0 radical (unpaired) electrons. The summed E-state index contributed by atoms with van der Waals surface area (Å²) < 4.78 is 0. The molecule has 3 aliphatic heterocycles. The highest BCUT2D eigenvalue weighted by Crippen LogP contribution is 2.35. The van der Waals surface area contributed by atoms with Crippen molar-refractivity contribution in [3.8, 4) is 0 Å². The molecule has 1 aromatic carbocycles. The molecule has 4 fully saturated rings. The average Bonchev–Trinajstić information content (AvgIpc) is 3.33. The highest BCUT2D eigenvalue weighted by atomic mass is 16.2.